The van der Waals surface area contributed by atoms with Crippen molar-refractivity contribution in [3.63, 3.8) is 0 Å². The number of allylic oxidation sites excluding steroid dienone is 1. The zero-order chi connectivity index (χ0) is 7.28. The average Bonchev–Trinajstić information content (AvgIpc) is 1.90. The van der Waals surface area contributed by atoms with E-state index in [1.807, 2.05) is 19.9 Å². The fourth-order valence-electron chi connectivity index (χ4n) is 0.767. The molecule has 2 atom stereocenters. The summed E-state index contributed by atoms with van der Waals surface area (Å²) in [5.41, 5.74) is 0. The van der Waals surface area contributed by atoms with Gasteiger partial charge in [0.1, 0.15) is 6.29 Å². The molecule has 0 aliphatic rings. The van der Waals surface area contributed by atoms with E-state index in [-0.39, 0.29) is 5.92 Å². The summed E-state index contributed by atoms with van der Waals surface area (Å²) in [6.45, 7) is 7.64. The second-order valence-corrected chi connectivity index (χ2v) is 2.30. The predicted molar refractivity (Wildman–Crippen MR) is 39.2 cm³/mol. The minimum Gasteiger partial charge on any atom is -0.303 e. The van der Waals surface area contributed by atoms with Crippen molar-refractivity contribution < 1.29 is 4.79 Å². The normalized spacial score (nSPS) is 16.2. The Morgan fingerprint density at radius 3 is 2.33 bits per heavy atom. The van der Waals surface area contributed by atoms with Crippen LogP contribution in [-0.2, 0) is 4.79 Å². The van der Waals surface area contributed by atoms with Crippen LogP contribution in [0.1, 0.15) is 20.3 Å². The van der Waals surface area contributed by atoms with Gasteiger partial charge in [-0.15, -0.1) is 6.58 Å². The van der Waals surface area contributed by atoms with E-state index in [9.17, 15) is 4.79 Å². The first-order valence-corrected chi connectivity index (χ1v) is 3.34. The van der Waals surface area contributed by atoms with Crippen molar-refractivity contribution in [2.45, 2.75) is 20.3 Å². The van der Waals surface area contributed by atoms with Crippen molar-refractivity contribution in [3.05, 3.63) is 12.7 Å². The Morgan fingerprint density at radius 2 is 2.22 bits per heavy atom. The van der Waals surface area contributed by atoms with Gasteiger partial charge in [-0.05, 0) is 12.3 Å². The van der Waals surface area contributed by atoms with Crippen LogP contribution in [0.15, 0.2) is 12.7 Å². The third-order valence-electron chi connectivity index (χ3n) is 1.69. The van der Waals surface area contributed by atoms with Crippen LogP contribution in [0, 0.1) is 11.8 Å². The minimum atomic E-state index is 0.169. The van der Waals surface area contributed by atoms with Crippen molar-refractivity contribution in [2.75, 3.05) is 0 Å². The van der Waals surface area contributed by atoms with Crippen LogP contribution in [0.3, 0.4) is 0 Å². The van der Waals surface area contributed by atoms with Crippen LogP contribution < -0.4 is 0 Å². The Balaban J connectivity index is 3.77. The summed E-state index contributed by atoms with van der Waals surface area (Å²) >= 11 is 0. The van der Waals surface area contributed by atoms with Gasteiger partial charge in [0, 0.05) is 5.92 Å². The molecule has 0 fully saturated rings. The van der Waals surface area contributed by atoms with E-state index < -0.39 is 0 Å². The van der Waals surface area contributed by atoms with Crippen LogP contribution in [0.5, 0.6) is 0 Å². The summed E-state index contributed by atoms with van der Waals surface area (Å²) in [6, 6.07) is 0. The maximum absolute atomic E-state index is 10.3. The van der Waals surface area contributed by atoms with Gasteiger partial charge in [-0.25, -0.2) is 0 Å². The van der Waals surface area contributed by atoms with E-state index in [4.69, 9.17) is 0 Å². The lowest BCUT2D eigenvalue weighted by atomic mass is 9.93. The molecule has 0 saturated heterocycles. The number of carbonyl (C=O) groups excluding carboxylic acids is 1. The van der Waals surface area contributed by atoms with Gasteiger partial charge >= 0.3 is 0 Å². The van der Waals surface area contributed by atoms with Gasteiger partial charge < -0.3 is 4.79 Å². The Hall–Kier alpha value is -0.590. The summed E-state index contributed by atoms with van der Waals surface area (Å²) in [5.74, 6) is 0.495. The molecular weight excluding hydrogens is 112 g/mol. The maximum atomic E-state index is 10.3. The van der Waals surface area contributed by atoms with Gasteiger partial charge in [0.15, 0.2) is 0 Å². The number of aldehydes is 1. The predicted octanol–water partition coefficient (Wildman–Crippen LogP) is 2.03. The van der Waals surface area contributed by atoms with Gasteiger partial charge in [-0.2, -0.15) is 0 Å². The van der Waals surface area contributed by atoms with Crippen LogP contribution in [0.2, 0.25) is 0 Å². The highest BCUT2D eigenvalue weighted by atomic mass is 16.1. The molecule has 0 aromatic heterocycles. The maximum Gasteiger partial charge on any atom is 0.123 e. The summed E-state index contributed by atoms with van der Waals surface area (Å²) in [7, 11) is 0. The van der Waals surface area contributed by atoms with E-state index in [0.717, 1.165) is 12.7 Å². The molecule has 0 heterocycles. The molecular formula is C8H14O. The van der Waals surface area contributed by atoms with E-state index in [0.29, 0.717) is 5.92 Å². The SMILES string of the molecule is C=CC(C)C(C=O)CC. The smallest absolute Gasteiger partial charge is 0.123 e. The van der Waals surface area contributed by atoms with Gasteiger partial charge in [0.2, 0.25) is 0 Å². The van der Waals surface area contributed by atoms with Crippen LogP contribution in [-0.4, -0.2) is 6.29 Å². The van der Waals surface area contributed by atoms with E-state index >= 15 is 0 Å². The molecule has 0 radical (unpaired) electrons. The van der Waals surface area contributed by atoms with Gasteiger partial charge in [-0.1, -0.05) is 19.9 Å². The monoisotopic (exact) mass is 126 g/mol. The van der Waals surface area contributed by atoms with Crippen molar-refractivity contribution >= 4 is 6.29 Å². The molecule has 0 N–H and O–H groups in total. The average molecular weight is 126 g/mol. The lowest BCUT2D eigenvalue weighted by Gasteiger charge is -2.10. The summed E-state index contributed by atoms with van der Waals surface area (Å²) in [4.78, 5) is 10.3. The molecule has 1 heteroatoms. The molecule has 2 unspecified atom stereocenters. The molecule has 52 valence electrons. The first-order chi connectivity index (χ1) is 4.26. The molecule has 0 aliphatic carbocycles. The zero-order valence-corrected chi connectivity index (χ0v) is 6.13. The van der Waals surface area contributed by atoms with Crippen LogP contribution >= 0.6 is 0 Å². The number of hydrogen-bond donors (Lipinski definition) is 0. The zero-order valence-electron chi connectivity index (χ0n) is 6.13. The van der Waals surface area contributed by atoms with Crippen molar-refractivity contribution in [2.24, 2.45) is 11.8 Å². The number of hydrogen-bond acceptors (Lipinski definition) is 1. The molecule has 1 nitrogen and oxygen atoms in total. The van der Waals surface area contributed by atoms with E-state index in [1.165, 1.54) is 0 Å². The third-order valence-corrected chi connectivity index (χ3v) is 1.69. The standard InChI is InChI=1S/C8H14O/c1-4-7(3)8(5-2)6-9/h4,6-8H,1,5H2,2-3H3. The highest BCUT2D eigenvalue weighted by molar-refractivity contribution is 5.54. The quantitative estimate of drug-likeness (QED) is 0.416. The van der Waals surface area contributed by atoms with E-state index in [1.54, 1.807) is 0 Å². The van der Waals surface area contributed by atoms with Gasteiger partial charge in [-0.3, -0.25) is 0 Å². The number of carbonyl (C=O) groups is 1. The molecule has 0 bridgehead atoms. The minimum absolute atomic E-state index is 0.169. The lowest BCUT2D eigenvalue weighted by molar-refractivity contribution is -0.112. The van der Waals surface area contributed by atoms with Gasteiger partial charge in [0.25, 0.3) is 0 Å². The topological polar surface area (TPSA) is 17.1 Å². The molecule has 0 rings (SSSR count). The largest absolute Gasteiger partial charge is 0.303 e. The van der Waals surface area contributed by atoms with Crippen LogP contribution in [0.25, 0.3) is 0 Å². The van der Waals surface area contributed by atoms with Crippen molar-refractivity contribution in [1.29, 1.82) is 0 Å². The van der Waals surface area contributed by atoms with Crippen molar-refractivity contribution in [1.82, 2.24) is 0 Å². The lowest BCUT2D eigenvalue weighted by Crippen LogP contribution is -2.08. The van der Waals surface area contributed by atoms with E-state index in [2.05, 4.69) is 6.58 Å². The first-order valence-electron chi connectivity index (χ1n) is 3.34. The molecule has 0 saturated carbocycles. The summed E-state index contributed by atoms with van der Waals surface area (Å²) in [6.07, 6.45) is 3.74. The fraction of sp³-hybridized carbons (Fsp3) is 0.625. The molecule has 0 amide bonds. The molecule has 0 aliphatic heterocycles. The fourth-order valence-corrected chi connectivity index (χ4v) is 0.767. The second kappa shape index (κ2) is 4.30. The Kier molecular flexibility index (Phi) is 4.02. The molecule has 0 spiro atoms. The van der Waals surface area contributed by atoms with Gasteiger partial charge in [0.05, 0.1) is 0 Å². The Bertz CT molecular complexity index is 96.7. The molecule has 9 heavy (non-hydrogen) atoms. The molecule has 0 aromatic rings. The highest BCUT2D eigenvalue weighted by Gasteiger charge is 2.09. The Labute approximate surface area is 56.8 Å². The molecule has 0 aromatic carbocycles. The Morgan fingerprint density at radius 1 is 1.67 bits per heavy atom. The summed E-state index contributed by atoms with van der Waals surface area (Å²) in [5, 5.41) is 0. The second-order valence-electron chi connectivity index (χ2n) is 2.30. The number of rotatable bonds is 4. The highest BCUT2D eigenvalue weighted by Crippen LogP contribution is 2.12. The van der Waals surface area contributed by atoms with Crippen LogP contribution in [0.4, 0.5) is 0 Å². The first kappa shape index (κ1) is 8.41. The third kappa shape index (κ3) is 2.45. The summed E-state index contributed by atoms with van der Waals surface area (Å²) < 4.78 is 0. The van der Waals surface area contributed by atoms with Crippen molar-refractivity contribution in [3.8, 4) is 0 Å².